The van der Waals surface area contributed by atoms with Crippen LogP contribution in [0.2, 0.25) is 0 Å². The van der Waals surface area contributed by atoms with Gasteiger partial charge in [-0.05, 0) is 53.4 Å². The average molecular weight is 274 g/mol. The molecule has 3 N–H and O–H groups in total. The molecule has 1 atom stereocenters. The van der Waals surface area contributed by atoms with Crippen molar-refractivity contribution >= 4 is 22.9 Å². The van der Waals surface area contributed by atoms with Crippen LogP contribution in [-0.2, 0) is 11.2 Å². The van der Waals surface area contributed by atoms with Crippen LogP contribution in [0.4, 0.5) is 5.69 Å². The molecule has 19 heavy (non-hydrogen) atoms. The first-order valence-corrected chi connectivity index (χ1v) is 7.25. The van der Waals surface area contributed by atoms with Crippen molar-refractivity contribution in [1.29, 1.82) is 0 Å². The summed E-state index contributed by atoms with van der Waals surface area (Å²) >= 11 is 1.68. The maximum atomic E-state index is 12.0. The van der Waals surface area contributed by atoms with Crippen LogP contribution in [-0.4, -0.2) is 12.5 Å². The summed E-state index contributed by atoms with van der Waals surface area (Å²) < 4.78 is 0. The predicted molar refractivity (Wildman–Crippen MR) is 80.3 cm³/mol. The molecule has 1 aromatic heterocycles. The van der Waals surface area contributed by atoms with E-state index in [-0.39, 0.29) is 11.8 Å². The third-order valence-corrected chi connectivity index (χ3v) is 3.83. The highest BCUT2D eigenvalue weighted by atomic mass is 32.1. The Hall–Kier alpha value is -1.81. The number of nitrogens with two attached hydrogens (primary N) is 1. The van der Waals surface area contributed by atoms with Crippen molar-refractivity contribution in [1.82, 2.24) is 5.32 Å². The number of anilines is 1. The maximum absolute atomic E-state index is 12.0. The van der Waals surface area contributed by atoms with Crippen LogP contribution in [0, 0.1) is 0 Å². The second-order valence-corrected chi connectivity index (χ2v) is 5.34. The summed E-state index contributed by atoms with van der Waals surface area (Å²) in [6.45, 7) is 2.57. The minimum atomic E-state index is -0.175. The molecular formula is C15H18N2OS. The molecule has 1 aromatic carbocycles. The monoisotopic (exact) mass is 274 g/mol. The molecule has 0 saturated carbocycles. The number of amides is 1. The quantitative estimate of drug-likeness (QED) is 0.824. The molecule has 0 bridgehead atoms. The Morgan fingerprint density at radius 3 is 2.95 bits per heavy atom. The minimum Gasteiger partial charge on any atom is -0.399 e. The lowest BCUT2D eigenvalue weighted by atomic mass is 10.00. The van der Waals surface area contributed by atoms with Crippen molar-refractivity contribution in [3.05, 3.63) is 52.2 Å². The number of carbonyl (C=O) groups is 1. The van der Waals surface area contributed by atoms with E-state index in [1.807, 2.05) is 36.6 Å². The Kier molecular flexibility index (Phi) is 4.58. The lowest BCUT2D eigenvalue weighted by Gasteiger charge is -2.12. The lowest BCUT2D eigenvalue weighted by Crippen LogP contribution is -2.29. The summed E-state index contributed by atoms with van der Waals surface area (Å²) in [5.74, 6) is -0.133. The fourth-order valence-electron chi connectivity index (χ4n) is 1.90. The van der Waals surface area contributed by atoms with Gasteiger partial charge in [0, 0.05) is 12.2 Å². The van der Waals surface area contributed by atoms with Gasteiger partial charge in [-0.3, -0.25) is 4.79 Å². The lowest BCUT2D eigenvalue weighted by molar-refractivity contribution is -0.122. The zero-order valence-corrected chi connectivity index (χ0v) is 11.7. The number of hydrogen-bond acceptors (Lipinski definition) is 3. The van der Waals surface area contributed by atoms with Crippen LogP contribution >= 0.6 is 11.3 Å². The molecule has 3 nitrogen and oxygen atoms in total. The summed E-state index contributed by atoms with van der Waals surface area (Å²) in [4.78, 5) is 12.0. The molecular weight excluding hydrogens is 256 g/mol. The predicted octanol–water partition coefficient (Wildman–Crippen LogP) is 2.79. The second-order valence-electron chi connectivity index (χ2n) is 4.56. The maximum Gasteiger partial charge on any atom is 0.227 e. The van der Waals surface area contributed by atoms with E-state index in [0.29, 0.717) is 12.2 Å². The van der Waals surface area contributed by atoms with Gasteiger partial charge < -0.3 is 11.1 Å². The van der Waals surface area contributed by atoms with Gasteiger partial charge in [0.2, 0.25) is 5.91 Å². The Labute approximate surface area is 117 Å². The normalized spacial score (nSPS) is 12.1. The van der Waals surface area contributed by atoms with Gasteiger partial charge in [-0.25, -0.2) is 0 Å². The first-order valence-electron chi connectivity index (χ1n) is 6.31. The van der Waals surface area contributed by atoms with Crippen LogP contribution in [0.3, 0.4) is 0 Å². The number of nitrogens with one attached hydrogen (secondary N) is 1. The highest BCUT2D eigenvalue weighted by molar-refractivity contribution is 7.07. The zero-order valence-electron chi connectivity index (χ0n) is 10.9. The van der Waals surface area contributed by atoms with Crippen molar-refractivity contribution in [3.8, 4) is 0 Å². The van der Waals surface area contributed by atoms with E-state index in [1.165, 1.54) is 5.56 Å². The summed E-state index contributed by atoms with van der Waals surface area (Å²) in [7, 11) is 0. The molecule has 4 heteroatoms. The van der Waals surface area contributed by atoms with Crippen molar-refractivity contribution < 1.29 is 4.79 Å². The van der Waals surface area contributed by atoms with E-state index in [0.717, 1.165) is 12.0 Å². The largest absolute Gasteiger partial charge is 0.399 e. The van der Waals surface area contributed by atoms with Crippen LogP contribution in [0.15, 0.2) is 41.1 Å². The van der Waals surface area contributed by atoms with Crippen LogP contribution in [0.1, 0.15) is 24.0 Å². The molecule has 1 amide bonds. The fourth-order valence-corrected chi connectivity index (χ4v) is 2.60. The van der Waals surface area contributed by atoms with E-state index in [1.54, 1.807) is 11.3 Å². The molecule has 0 saturated heterocycles. The Balaban J connectivity index is 1.85. The summed E-state index contributed by atoms with van der Waals surface area (Å²) in [5, 5.41) is 7.12. The molecule has 2 aromatic rings. The summed E-state index contributed by atoms with van der Waals surface area (Å²) in [6, 6.07) is 9.56. The van der Waals surface area contributed by atoms with Crippen molar-refractivity contribution in [3.63, 3.8) is 0 Å². The van der Waals surface area contributed by atoms with Gasteiger partial charge in [0.1, 0.15) is 0 Å². The van der Waals surface area contributed by atoms with Crippen molar-refractivity contribution in [2.45, 2.75) is 19.3 Å². The number of carbonyl (C=O) groups excluding carboxylic acids is 1. The van der Waals surface area contributed by atoms with Crippen LogP contribution in [0.25, 0.3) is 0 Å². The summed E-state index contributed by atoms with van der Waals surface area (Å²) in [5.41, 5.74) is 8.64. The van der Waals surface area contributed by atoms with Crippen molar-refractivity contribution in [2.75, 3.05) is 12.3 Å². The highest BCUT2D eigenvalue weighted by Crippen LogP contribution is 2.17. The summed E-state index contributed by atoms with van der Waals surface area (Å²) in [6.07, 6.45) is 0.874. The van der Waals surface area contributed by atoms with E-state index in [2.05, 4.69) is 16.8 Å². The molecule has 1 heterocycles. The molecule has 0 spiro atoms. The van der Waals surface area contributed by atoms with Gasteiger partial charge in [-0.1, -0.05) is 12.1 Å². The Bertz CT molecular complexity index is 537. The first kappa shape index (κ1) is 13.6. The second kappa shape index (κ2) is 6.38. The molecule has 100 valence electrons. The number of hydrogen-bond donors (Lipinski definition) is 2. The van der Waals surface area contributed by atoms with E-state index in [4.69, 9.17) is 5.73 Å². The number of thiophene rings is 1. The molecule has 0 fully saturated rings. The van der Waals surface area contributed by atoms with Gasteiger partial charge in [-0.15, -0.1) is 0 Å². The number of benzene rings is 1. The molecule has 0 aliphatic heterocycles. The van der Waals surface area contributed by atoms with Gasteiger partial charge in [-0.2, -0.15) is 11.3 Å². The van der Waals surface area contributed by atoms with E-state index < -0.39 is 0 Å². The molecule has 0 radical (unpaired) electrons. The topological polar surface area (TPSA) is 55.1 Å². The third-order valence-electron chi connectivity index (χ3n) is 3.10. The molecule has 1 unspecified atom stereocenters. The molecule has 0 aliphatic rings. The van der Waals surface area contributed by atoms with Gasteiger partial charge in [0.15, 0.2) is 0 Å². The SMILES string of the molecule is CC(C(=O)NCCc1ccsc1)c1cccc(N)c1. The van der Waals surface area contributed by atoms with Crippen LogP contribution in [0.5, 0.6) is 0 Å². The van der Waals surface area contributed by atoms with Crippen molar-refractivity contribution in [2.24, 2.45) is 0 Å². The molecule has 0 aliphatic carbocycles. The van der Waals surface area contributed by atoms with Gasteiger partial charge >= 0.3 is 0 Å². The average Bonchev–Trinajstić information content (AvgIpc) is 2.91. The van der Waals surface area contributed by atoms with Crippen LogP contribution < -0.4 is 11.1 Å². The number of nitrogen functional groups attached to an aromatic ring is 1. The minimum absolute atomic E-state index is 0.0424. The molecule has 2 rings (SSSR count). The highest BCUT2D eigenvalue weighted by Gasteiger charge is 2.14. The fraction of sp³-hybridized carbons (Fsp3) is 0.267. The Morgan fingerprint density at radius 2 is 2.26 bits per heavy atom. The van der Waals surface area contributed by atoms with E-state index >= 15 is 0 Å². The zero-order chi connectivity index (χ0) is 13.7. The standard InChI is InChI=1S/C15H18N2OS/c1-11(13-3-2-4-14(16)9-13)15(18)17-7-5-12-6-8-19-10-12/h2-4,6,8-11H,5,7,16H2,1H3,(H,17,18). The third kappa shape index (κ3) is 3.83. The Morgan fingerprint density at radius 1 is 1.42 bits per heavy atom. The number of rotatable bonds is 5. The van der Waals surface area contributed by atoms with Gasteiger partial charge in [0.25, 0.3) is 0 Å². The van der Waals surface area contributed by atoms with Gasteiger partial charge in [0.05, 0.1) is 5.92 Å². The smallest absolute Gasteiger partial charge is 0.227 e. The first-order chi connectivity index (χ1) is 9.16. The van der Waals surface area contributed by atoms with E-state index in [9.17, 15) is 4.79 Å².